The van der Waals surface area contributed by atoms with Crippen molar-refractivity contribution >= 4 is 24.0 Å². The monoisotopic (exact) mass is 312 g/mol. The summed E-state index contributed by atoms with van der Waals surface area (Å²) in [5, 5.41) is 4.01. The first-order valence-electron chi connectivity index (χ1n) is 6.30. The largest absolute Gasteiger partial charge is 0.492 e. The Morgan fingerprint density at radius 1 is 1.20 bits per heavy atom. The summed E-state index contributed by atoms with van der Waals surface area (Å²) in [6, 6.07) is 9.85. The van der Waals surface area contributed by atoms with E-state index in [4.69, 9.17) is 16.3 Å². The number of hydrogen-bond donors (Lipinski definition) is 1. The summed E-state index contributed by atoms with van der Waals surface area (Å²) in [7, 11) is 0. The standard InChI is InChI=1S/C15H17ClN2O.ClH/c1-2-19-15-6-5-12(8-14(15)16)9-18-11-13-4-3-7-17-10-13;/h3-8,10,18H,2,9,11H2,1H3;1H. The van der Waals surface area contributed by atoms with Crippen LogP contribution in [-0.2, 0) is 13.1 Å². The van der Waals surface area contributed by atoms with E-state index in [-0.39, 0.29) is 12.4 Å². The molecule has 0 saturated carbocycles. The molecule has 2 rings (SSSR count). The van der Waals surface area contributed by atoms with Gasteiger partial charge in [0.1, 0.15) is 5.75 Å². The van der Waals surface area contributed by atoms with Gasteiger partial charge in [-0.3, -0.25) is 4.98 Å². The lowest BCUT2D eigenvalue weighted by atomic mass is 10.2. The highest BCUT2D eigenvalue weighted by molar-refractivity contribution is 6.32. The Morgan fingerprint density at radius 3 is 2.65 bits per heavy atom. The predicted molar refractivity (Wildman–Crippen MR) is 84.6 cm³/mol. The number of nitrogens with one attached hydrogen (secondary N) is 1. The zero-order valence-corrected chi connectivity index (χ0v) is 12.9. The van der Waals surface area contributed by atoms with Gasteiger partial charge in [0.05, 0.1) is 11.6 Å². The molecule has 2 aromatic rings. The molecule has 0 amide bonds. The van der Waals surface area contributed by atoms with E-state index in [9.17, 15) is 0 Å². The maximum Gasteiger partial charge on any atom is 0.137 e. The van der Waals surface area contributed by atoms with Gasteiger partial charge in [-0.05, 0) is 36.2 Å². The van der Waals surface area contributed by atoms with E-state index in [1.165, 1.54) is 5.56 Å². The quantitative estimate of drug-likeness (QED) is 0.880. The molecule has 1 heterocycles. The average molecular weight is 313 g/mol. The van der Waals surface area contributed by atoms with Crippen LogP contribution in [0, 0.1) is 0 Å². The number of ether oxygens (including phenoxy) is 1. The van der Waals surface area contributed by atoms with Gasteiger partial charge in [-0.15, -0.1) is 12.4 Å². The fraction of sp³-hybridized carbons (Fsp3) is 0.267. The normalized spacial score (nSPS) is 9.90. The molecule has 5 heteroatoms. The third-order valence-electron chi connectivity index (χ3n) is 2.68. The lowest BCUT2D eigenvalue weighted by molar-refractivity contribution is 0.340. The van der Waals surface area contributed by atoms with Crippen LogP contribution in [0.1, 0.15) is 18.1 Å². The molecule has 0 aliphatic heterocycles. The van der Waals surface area contributed by atoms with Gasteiger partial charge in [0.2, 0.25) is 0 Å². The van der Waals surface area contributed by atoms with Crippen LogP contribution in [0.2, 0.25) is 5.02 Å². The minimum atomic E-state index is 0. The van der Waals surface area contributed by atoms with E-state index < -0.39 is 0 Å². The number of pyridine rings is 1. The van der Waals surface area contributed by atoms with E-state index in [0.717, 1.165) is 24.4 Å². The smallest absolute Gasteiger partial charge is 0.137 e. The molecule has 1 aromatic heterocycles. The highest BCUT2D eigenvalue weighted by atomic mass is 35.5. The van der Waals surface area contributed by atoms with Gasteiger partial charge in [-0.25, -0.2) is 0 Å². The number of nitrogens with zero attached hydrogens (tertiary/aromatic N) is 1. The zero-order chi connectivity index (χ0) is 13.5. The molecule has 1 N–H and O–H groups in total. The molecule has 0 spiro atoms. The summed E-state index contributed by atoms with van der Waals surface area (Å²) in [6.07, 6.45) is 3.63. The molecular formula is C15H18Cl2N2O. The Kier molecular flexibility index (Phi) is 7.37. The molecular weight excluding hydrogens is 295 g/mol. The van der Waals surface area contributed by atoms with Crippen LogP contribution in [0.15, 0.2) is 42.7 Å². The number of halogens is 2. The third-order valence-corrected chi connectivity index (χ3v) is 2.97. The van der Waals surface area contributed by atoms with Crippen molar-refractivity contribution in [2.75, 3.05) is 6.61 Å². The summed E-state index contributed by atoms with van der Waals surface area (Å²) >= 11 is 6.14. The number of benzene rings is 1. The van der Waals surface area contributed by atoms with E-state index >= 15 is 0 Å². The Morgan fingerprint density at radius 2 is 2.00 bits per heavy atom. The van der Waals surface area contributed by atoms with Gasteiger partial charge in [-0.1, -0.05) is 23.7 Å². The van der Waals surface area contributed by atoms with Crippen LogP contribution >= 0.6 is 24.0 Å². The lowest BCUT2D eigenvalue weighted by Gasteiger charge is -2.08. The Balaban J connectivity index is 0.00000200. The molecule has 0 unspecified atom stereocenters. The molecule has 3 nitrogen and oxygen atoms in total. The fourth-order valence-electron chi connectivity index (χ4n) is 1.78. The van der Waals surface area contributed by atoms with Gasteiger partial charge >= 0.3 is 0 Å². The topological polar surface area (TPSA) is 34.1 Å². The van der Waals surface area contributed by atoms with Crippen molar-refractivity contribution < 1.29 is 4.74 Å². The first-order chi connectivity index (χ1) is 9.29. The van der Waals surface area contributed by atoms with Gasteiger partial charge in [0, 0.05) is 25.5 Å². The maximum atomic E-state index is 6.14. The second kappa shape index (κ2) is 8.80. The van der Waals surface area contributed by atoms with E-state index in [2.05, 4.69) is 10.3 Å². The highest BCUT2D eigenvalue weighted by Gasteiger charge is 2.02. The van der Waals surface area contributed by atoms with Crippen molar-refractivity contribution in [3.8, 4) is 5.75 Å². The molecule has 108 valence electrons. The third kappa shape index (κ3) is 5.00. The van der Waals surface area contributed by atoms with Crippen molar-refractivity contribution in [1.29, 1.82) is 0 Å². The number of hydrogen-bond acceptors (Lipinski definition) is 3. The van der Waals surface area contributed by atoms with Crippen LogP contribution in [-0.4, -0.2) is 11.6 Å². The van der Waals surface area contributed by atoms with Gasteiger partial charge in [0.15, 0.2) is 0 Å². The van der Waals surface area contributed by atoms with Gasteiger partial charge in [-0.2, -0.15) is 0 Å². The summed E-state index contributed by atoms with van der Waals surface area (Å²) in [5.41, 5.74) is 2.30. The first kappa shape index (κ1) is 16.8. The van der Waals surface area contributed by atoms with Crippen molar-refractivity contribution in [3.05, 3.63) is 58.9 Å². The molecule has 0 bridgehead atoms. The van der Waals surface area contributed by atoms with Gasteiger partial charge in [0.25, 0.3) is 0 Å². The molecule has 0 saturated heterocycles. The van der Waals surface area contributed by atoms with Crippen LogP contribution in [0.25, 0.3) is 0 Å². The van der Waals surface area contributed by atoms with Crippen molar-refractivity contribution in [2.45, 2.75) is 20.0 Å². The summed E-state index contributed by atoms with van der Waals surface area (Å²) < 4.78 is 5.40. The van der Waals surface area contributed by atoms with Crippen LogP contribution in [0.5, 0.6) is 5.75 Å². The Bertz CT molecular complexity index is 521. The maximum absolute atomic E-state index is 6.14. The highest BCUT2D eigenvalue weighted by Crippen LogP contribution is 2.25. The number of aromatic nitrogens is 1. The zero-order valence-electron chi connectivity index (χ0n) is 11.3. The molecule has 0 fully saturated rings. The fourth-order valence-corrected chi connectivity index (χ4v) is 2.04. The lowest BCUT2D eigenvalue weighted by Crippen LogP contribution is -2.12. The van der Waals surface area contributed by atoms with Crippen molar-refractivity contribution in [2.24, 2.45) is 0 Å². The van der Waals surface area contributed by atoms with Crippen molar-refractivity contribution in [1.82, 2.24) is 10.3 Å². The summed E-state index contributed by atoms with van der Waals surface area (Å²) in [6.45, 7) is 4.12. The van der Waals surface area contributed by atoms with E-state index in [1.54, 1.807) is 6.20 Å². The van der Waals surface area contributed by atoms with Crippen LogP contribution in [0.3, 0.4) is 0 Å². The molecule has 0 aliphatic carbocycles. The Labute approximate surface area is 130 Å². The molecule has 0 atom stereocenters. The molecule has 0 radical (unpaired) electrons. The minimum absolute atomic E-state index is 0. The van der Waals surface area contributed by atoms with E-state index in [0.29, 0.717) is 11.6 Å². The van der Waals surface area contributed by atoms with Crippen LogP contribution < -0.4 is 10.1 Å². The van der Waals surface area contributed by atoms with Gasteiger partial charge < -0.3 is 10.1 Å². The minimum Gasteiger partial charge on any atom is -0.492 e. The Hall–Kier alpha value is -1.29. The second-order valence-electron chi connectivity index (χ2n) is 4.16. The molecule has 0 aliphatic rings. The molecule has 20 heavy (non-hydrogen) atoms. The van der Waals surface area contributed by atoms with Crippen molar-refractivity contribution in [3.63, 3.8) is 0 Å². The number of rotatable bonds is 6. The first-order valence-corrected chi connectivity index (χ1v) is 6.68. The van der Waals surface area contributed by atoms with E-state index in [1.807, 2.05) is 43.5 Å². The summed E-state index contributed by atoms with van der Waals surface area (Å²) in [4.78, 5) is 4.08. The average Bonchev–Trinajstić information content (AvgIpc) is 2.43. The predicted octanol–water partition coefficient (Wildman–Crippen LogP) is 3.85. The van der Waals surface area contributed by atoms with Crippen LogP contribution in [0.4, 0.5) is 0 Å². The second-order valence-corrected chi connectivity index (χ2v) is 4.57. The summed E-state index contributed by atoms with van der Waals surface area (Å²) in [5.74, 6) is 0.736. The molecule has 1 aromatic carbocycles. The SMILES string of the molecule is CCOc1ccc(CNCc2cccnc2)cc1Cl.Cl.